The van der Waals surface area contributed by atoms with Crippen molar-refractivity contribution in [3.05, 3.63) is 113 Å². The van der Waals surface area contributed by atoms with Gasteiger partial charge in [-0.05, 0) is 96.5 Å². The summed E-state index contributed by atoms with van der Waals surface area (Å²) in [4.78, 5) is 21.3. The van der Waals surface area contributed by atoms with Crippen LogP contribution in [0.25, 0.3) is 34.1 Å². The van der Waals surface area contributed by atoms with Gasteiger partial charge in [0, 0.05) is 29.9 Å². The zero-order valence-corrected chi connectivity index (χ0v) is 29.1. The van der Waals surface area contributed by atoms with Gasteiger partial charge >= 0.3 is 0 Å². The molecule has 0 saturated heterocycles. The van der Waals surface area contributed by atoms with Gasteiger partial charge in [0.2, 0.25) is 11.8 Å². The number of nitrogens with zero attached hydrogens (tertiary/aromatic N) is 3. The lowest BCUT2D eigenvalue weighted by atomic mass is 9.87. The van der Waals surface area contributed by atoms with E-state index in [4.69, 9.17) is 25.2 Å². The summed E-state index contributed by atoms with van der Waals surface area (Å²) in [5, 5.41) is 0. The van der Waals surface area contributed by atoms with Crippen LogP contribution < -0.4 is 15.2 Å². The number of imidazole rings is 2. The van der Waals surface area contributed by atoms with Gasteiger partial charge < -0.3 is 25.2 Å². The highest BCUT2D eigenvalue weighted by molar-refractivity contribution is 14.1. The average Bonchev–Trinajstić information content (AvgIpc) is 3.70. The molecule has 3 heterocycles. The van der Waals surface area contributed by atoms with Gasteiger partial charge in [-0.3, -0.25) is 0 Å². The van der Waals surface area contributed by atoms with Crippen LogP contribution in [0.4, 0.5) is 0 Å². The van der Waals surface area contributed by atoms with Gasteiger partial charge in [0.25, 0.3) is 0 Å². The topological polar surface area (TPSA) is 115 Å². The Labute approximate surface area is 288 Å². The summed E-state index contributed by atoms with van der Waals surface area (Å²) in [6.45, 7) is 9.18. The lowest BCUT2D eigenvalue weighted by Crippen LogP contribution is -2.25. The van der Waals surface area contributed by atoms with Crippen molar-refractivity contribution < 1.29 is 9.47 Å². The molecule has 0 amide bonds. The molecule has 1 aliphatic carbocycles. The molecule has 0 radical (unpaired) electrons. The van der Waals surface area contributed by atoms with Crippen LogP contribution in [-0.2, 0) is 15.3 Å². The monoisotopic (exact) mass is 736 g/mol. The van der Waals surface area contributed by atoms with E-state index in [0.29, 0.717) is 24.1 Å². The highest BCUT2D eigenvalue weighted by atomic mass is 127. The number of fused-ring (bicyclic) bond motifs is 2. The summed E-state index contributed by atoms with van der Waals surface area (Å²) in [6, 6.07) is 27.9. The molecule has 9 heteroatoms. The van der Waals surface area contributed by atoms with E-state index in [0.717, 1.165) is 58.2 Å². The van der Waals surface area contributed by atoms with Crippen LogP contribution in [0.5, 0.6) is 23.3 Å². The molecule has 1 unspecified atom stereocenters. The smallest absolute Gasteiger partial charge is 0.222 e. The predicted molar refractivity (Wildman–Crippen MR) is 196 cm³/mol. The fraction of sp³-hybridized carbons (Fsp3) is 0.237. The minimum absolute atomic E-state index is 0.0852. The third-order valence-electron chi connectivity index (χ3n) is 8.49. The maximum Gasteiger partial charge on any atom is 0.222 e. The summed E-state index contributed by atoms with van der Waals surface area (Å²) in [5.41, 5.74) is 14.8. The highest BCUT2D eigenvalue weighted by Gasteiger charge is 2.25. The van der Waals surface area contributed by atoms with Crippen molar-refractivity contribution in [2.75, 3.05) is 6.54 Å². The van der Waals surface area contributed by atoms with Gasteiger partial charge in [0.15, 0.2) is 0 Å². The zero-order chi connectivity index (χ0) is 32.8. The van der Waals surface area contributed by atoms with Gasteiger partial charge in [-0.15, -0.1) is 0 Å². The largest absolute Gasteiger partial charge is 0.439 e. The molecule has 0 fully saturated rings. The first-order valence-corrected chi connectivity index (χ1v) is 16.8. The number of nitrogens with one attached hydrogen (secondary N) is 2. The third-order valence-corrected chi connectivity index (χ3v) is 9.44. The van der Waals surface area contributed by atoms with Crippen LogP contribution in [0.15, 0.2) is 84.9 Å². The molecule has 1 atom stereocenters. The van der Waals surface area contributed by atoms with Crippen LogP contribution in [0, 0.1) is 0 Å². The number of alkyl halides is 1. The Morgan fingerprint density at radius 2 is 1.43 bits per heavy atom. The third kappa shape index (κ3) is 6.68. The van der Waals surface area contributed by atoms with E-state index < -0.39 is 0 Å². The van der Waals surface area contributed by atoms with E-state index in [1.165, 1.54) is 16.7 Å². The Morgan fingerprint density at radius 3 is 2.09 bits per heavy atom. The van der Waals surface area contributed by atoms with E-state index >= 15 is 0 Å². The molecule has 0 spiro atoms. The van der Waals surface area contributed by atoms with Crippen molar-refractivity contribution in [2.24, 2.45) is 5.73 Å². The number of benzene rings is 3. The van der Waals surface area contributed by atoms with Crippen molar-refractivity contribution in [1.82, 2.24) is 24.9 Å². The van der Waals surface area contributed by atoms with Crippen molar-refractivity contribution in [3.8, 4) is 34.6 Å². The van der Waals surface area contributed by atoms with Crippen LogP contribution in [0.3, 0.4) is 0 Å². The number of aryl methyl sites for hydroxylation is 1. The summed E-state index contributed by atoms with van der Waals surface area (Å²) in [7, 11) is 0. The molecule has 0 bridgehead atoms. The first kappa shape index (κ1) is 31.1. The Bertz CT molecular complexity index is 2090. The fourth-order valence-corrected chi connectivity index (χ4v) is 5.86. The SMILES string of the molecule is CC(C)(C)c1ccc(Oc2cccc(Oc3ccc(-c4nc5c([nH]4)CCC(c4ccc6nc(C(C)(I)CN)[nH]c6c4)=C5)cc3)n2)cc1. The molecule has 238 valence electrons. The summed E-state index contributed by atoms with van der Waals surface area (Å²) in [5.74, 6) is 4.08. The zero-order valence-electron chi connectivity index (χ0n) is 26.9. The Hall–Kier alpha value is -4.48. The maximum absolute atomic E-state index is 6.07. The van der Waals surface area contributed by atoms with Gasteiger partial charge in [-0.2, -0.15) is 4.98 Å². The molecule has 0 aliphatic heterocycles. The van der Waals surface area contributed by atoms with Crippen molar-refractivity contribution in [1.29, 1.82) is 0 Å². The number of allylic oxidation sites excluding steroid dienone is 1. The molecular weight excluding hydrogens is 699 g/mol. The molecular formula is C38H37IN6O2. The van der Waals surface area contributed by atoms with E-state index in [1.807, 2.05) is 54.6 Å². The lowest BCUT2D eigenvalue weighted by Gasteiger charge is -2.19. The summed E-state index contributed by atoms with van der Waals surface area (Å²) < 4.78 is 11.8. The quantitative estimate of drug-likeness (QED) is 0.106. The van der Waals surface area contributed by atoms with Crippen LogP contribution in [0.2, 0.25) is 0 Å². The fourth-order valence-electron chi connectivity index (χ4n) is 5.60. The molecule has 3 aromatic heterocycles. The van der Waals surface area contributed by atoms with E-state index in [9.17, 15) is 0 Å². The molecule has 1 aliphatic rings. The van der Waals surface area contributed by atoms with Gasteiger partial charge in [0.05, 0.1) is 20.1 Å². The van der Waals surface area contributed by atoms with E-state index in [-0.39, 0.29) is 8.84 Å². The molecule has 3 aromatic carbocycles. The van der Waals surface area contributed by atoms with Crippen molar-refractivity contribution in [3.63, 3.8) is 0 Å². The number of H-pyrrole nitrogens is 2. The number of hydrogen-bond donors (Lipinski definition) is 3. The Balaban J connectivity index is 1.04. The first-order valence-electron chi connectivity index (χ1n) is 15.8. The first-order chi connectivity index (χ1) is 22.5. The summed E-state index contributed by atoms with van der Waals surface area (Å²) in [6.07, 6.45) is 4.01. The number of aromatic nitrogens is 5. The average molecular weight is 737 g/mol. The number of ether oxygens (including phenoxy) is 2. The van der Waals surface area contributed by atoms with Gasteiger partial charge in [0.1, 0.15) is 23.1 Å². The molecule has 8 nitrogen and oxygen atoms in total. The van der Waals surface area contributed by atoms with Crippen LogP contribution in [0.1, 0.15) is 62.5 Å². The second kappa shape index (κ2) is 12.3. The Kier molecular flexibility index (Phi) is 8.13. The van der Waals surface area contributed by atoms with E-state index in [1.54, 1.807) is 0 Å². The molecule has 47 heavy (non-hydrogen) atoms. The van der Waals surface area contributed by atoms with Gasteiger partial charge in [-0.25, -0.2) is 9.97 Å². The van der Waals surface area contributed by atoms with Crippen molar-refractivity contribution in [2.45, 2.75) is 49.4 Å². The number of pyridine rings is 1. The highest BCUT2D eigenvalue weighted by Crippen LogP contribution is 2.35. The standard InChI is InChI=1S/C38H37IN6O2/c1-37(2,3)26-12-16-28(17-13-26)47-34-7-5-6-33(45-34)46-27-14-8-23(9-15-27)35-41-29-18-10-24(20-31(29)42-35)25-11-19-30-32(21-25)44-36(43-30)38(4,39)22-40/h5-9,11-17,19-21H,10,18,22,40H2,1-4H3,(H,41,42)(H,43,44). The van der Waals surface area contributed by atoms with Crippen LogP contribution >= 0.6 is 22.6 Å². The normalized spacial score (nSPS) is 14.4. The van der Waals surface area contributed by atoms with Gasteiger partial charge in [-0.1, -0.05) is 67.6 Å². The number of hydrogen-bond acceptors (Lipinski definition) is 6. The minimum atomic E-state index is -0.234. The minimum Gasteiger partial charge on any atom is -0.439 e. The number of halogens is 1. The number of aromatic amines is 2. The maximum atomic E-state index is 6.07. The lowest BCUT2D eigenvalue weighted by molar-refractivity contribution is 0.426. The molecule has 4 N–H and O–H groups in total. The molecule has 0 saturated carbocycles. The molecule has 7 rings (SSSR count). The molecule has 6 aromatic rings. The van der Waals surface area contributed by atoms with E-state index in [2.05, 4.69) is 102 Å². The number of rotatable bonds is 8. The number of nitrogens with two attached hydrogens (primary N) is 1. The van der Waals surface area contributed by atoms with Crippen molar-refractivity contribution >= 4 is 45.3 Å². The Morgan fingerprint density at radius 1 is 0.766 bits per heavy atom. The second-order valence-corrected chi connectivity index (χ2v) is 15.5. The predicted octanol–water partition coefficient (Wildman–Crippen LogP) is 9.33. The summed E-state index contributed by atoms with van der Waals surface area (Å²) >= 11 is 2.36. The van der Waals surface area contributed by atoms with Crippen LogP contribution in [-0.4, -0.2) is 31.5 Å². The second-order valence-electron chi connectivity index (χ2n) is 13.2.